The van der Waals surface area contributed by atoms with E-state index in [4.69, 9.17) is 15.2 Å². The smallest absolute Gasteiger partial charge is 0.324 e. The quantitative estimate of drug-likeness (QED) is 0.748. The highest BCUT2D eigenvalue weighted by Crippen LogP contribution is 2.20. The van der Waals surface area contributed by atoms with Gasteiger partial charge in [0.05, 0.1) is 14.2 Å². The van der Waals surface area contributed by atoms with Gasteiger partial charge in [-0.05, 0) is 12.8 Å². The average Bonchev–Trinajstić information content (AvgIpc) is 2.46. The standard InChI is InChI=1S/C12H23N5O2/c1-5-9(6-2)17(8-7-13)10-14-11(18-3)16-12(15-10)19-4/h9H,5-8,13H2,1-4H3. The van der Waals surface area contributed by atoms with Crippen LogP contribution in [0.2, 0.25) is 0 Å². The Morgan fingerprint density at radius 1 is 1.05 bits per heavy atom. The van der Waals surface area contributed by atoms with Crippen LogP contribution in [0.4, 0.5) is 5.95 Å². The fourth-order valence-corrected chi connectivity index (χ4v) is 1.95. The van der Waals surface area contributed by atoms with Crippen molar-refractivity contribution >= 4 is 5.95 Å². The van der Waals surface area contributed by atoms with Crippen molar-refractivity contribution in [1.29, 1.82) is 0 Å². The third kappa shape index (κ3) is 3.92. The number of ether oxygens (including phenoxy) is 2. The molecule has 0 saturated heterocycles. The van der Waals surface area contributed by atoms with E-state index in [2.05, 4.69) is 33.7 Å². The Kier molecular flexibility index (Phi) is 6.27. The van der Waals surface area contributed by atoms with E-state index in [0.29, 0.717) is 25.1 Å². The molecule has 0 radical (unpaired) electrons. The van der Waals surface area contributed by atoms with E-state index in [1.165, 1.54) is 14.2 Å². The van der Waals surface area contributed by atoms with Crippen molar-refractivity contribution in [2.24, 2.45) is 5.73 Å². The first kappa shape index (κ1) is 15.4. The molecule has 0 aliphatic heterocycles. The third-order valence-electron chi connectivity index (χ3n) is 2.96. The highest BCUT2D eigenvalue weighted by Gasteiger charge is 2.20. The van der Waals surface area contributed by atoms with Crippen LogP contribution in [0.1, 0.15) is 26.7 Å². The predicted molar refractivity (Wildman–Crippen MR) is 73.7 cm³/mol. The number of hydrogen-bond donors (Lipinski definition) is 1. The zero-order valence-corrected chi connectivity index (χ0v) is 12.1. The molecule has 1 aromatic rings. The second-order valence-corrected chi connectivity index (χ2v) is 4.06. The monoisotopic (exact) mass is 269 g/mol. The average molecular weight is 269 g/mol. The van der Waals surface area contributed by atoms with Crippen molar-refractivity contribution in [2.75, 3.05) is 32.2 Å². The highest BCUT2D eigenvalue weighted by atomic mass is 16.5. The van der Waals surface area contributed by atoms with Gasteiger partial charge in [-0.25, -0.2) is 0 Å². The molecule has 7 heteroatoms. The molecule has 0 atom stereocenters. The molecule has 2 N–H and O–H groups in total. The second-order valence-electron chi connectivity index (χ2n) is 4.06. The van der Waals surface area contributed by atoms with Gasteiger partial charge < -0.3 is 20.1 Å². The lowest BCUT2D eigenvalue weighted by Gasteiger charge is -2.30. The molecule has 1 heterocycles. The third-order valence-corrected chi connectivity index (χ3v) is 2.96. The molecule has 0 aliphatic rings. The maximum atomic E-state index is 5.68. The Hall–Kier alpha value is -1.63. The Morgan fingerprint density at radius 2 is 1.58 bits per heavy atom. The fourth-order valence-electron chi connectivity index (χ4n) is 1.95. The SMILES string of the molecule is CCC(CC)N(CCN)c1nc(OC)nc(OC)n1. The largest absolute Gasteiger partial charge is 0.467 e. The van der Waals surface area contributed by atoms with E-state index in [1.54, 1.807) is 0 Å². The minimum atomic E-state index is 0.245. The maximum Gasteiger partial charge on any atom is 0.324 e. The van der Waals surface area contributed by atoms with Gasteiger partial charge in [-0.1, -0.05) is 13.8 Å². The summed E-state index contributed by atoms with van der Waals surface area (Å²) in [6.07, 6.45) is 1.99. The van der Waals surface area contributed by atoms with E-state index < -0.39 is 0 Å². The molecule has 0 saturated carbocycles. The number of rotatable bonds is 8. The van der Waals surface area contributed by atoms with Gasteiger partial charge in [0, 0.05) is 19.1 Å². The lowest BCUT2D eigenvalue weighted by Crippen LogP contribution is -2.39. The van der Waals surface area contributed by atoms with Gasteiger partial charge in [0.2, 0.25) is 5.95 Å². The summed E-state index contributed by atoms with van der Waals surface area (Å²) in [5.74, 6) is 0.544. The van der Waals surface area contributed by atoms with Crippen molar-refractivity contribution < 1.29 is 9.47 Å². The molecule has 0 aromatic carbocycles. The lowest BCUT2D eigenvalue weighted by molar-refractivity contribution is 0.338. The molecular weight excluding hydrogens is 246 g/mol. The fraction of sp³-hybridized carbons (Fsp3) is 0.750. The summed E-state index contributed by atoms with van der Waals surface area (Å²) in [6.45, 7) is 5.48. The Morgan fingerprint density at radius 3 is 1.95 bits per heavy atom. The molecule has 0 bridgehead atoms. The number of nitrogens with zero attached hydrogens (tertiary/aromatic N) is 4. The first-order valence-corrected chi connectivity index (χ1v) is 6.50. The van der Waals surface area contributed by atoms with Crippen LogP contribution in [0.25, 0.3) is 0 Å². The molecule has 1 aromatic heterocycles. The molecule has 0 fully saturated rings. The summed E-state index contributed by atoms with van der Waals surface area (Å²) >= 11 is 0. The molecule has 0 amide bonds. The van der Waals surface area contributed by atoms with Gasteiger partial charge in [-0.3, -0.25) is 0 Å². The van der Waals surface area contributed by atoms with E-state index >= 15 is 0 Å². The zero-order valence-electron chi connectivity index (χ0n) is 12.1. The summed E-state index contributed by atoms with van der Waals surface area (Å²) < 4.78 is 10.1. The molecule has 0 aliphatic carbocycles. The van der Waals surface area contributed by atoms with Crippen molar-refractivity contribution in [1.82, 2.24) is 15.0 Å². The van der Waals surface area contributed by atoms with Crippen LogP contribution in [-0.4, -0.2) is 48.3 Å². The van der Waals surface area contributed by atoms with Crippen molar-refractivity contribution in [3.8, 4) is 12.0 Å². The predicted octanol–water partition coefficient (Wildman–Crippen LogP) is 0.843. The number of nitrogens with two attached hydrogens (primary N) is 1. The molecular formula is C12H23N5O2. The van der Waals surface area contributed by atoms with E-state index in [0.717, 1.165) is 12.8 Å². The minimum absolute atomic E-state index is 0.245. The van der Waals surface area contributed by atoms with E-state index in [-0.39, 0.29) is 12.0 Å². The van der Waals surface area contributed by atoms with Gasteiger partial charge in [0.1, 0.15) is 0 Å². The number of aromatic nitrogens is 3. The van der Waals surface area contributed by atoms with Gasteiger partial charge in [0.25, 0.3) is 0 Å². The van der Waals surface area contributed by atoms with Gasteiger partial charge in [-0.2, -0.15) is 9.97 Å². The Labute approximate surface area is 114 Å². The lowest BCUT2D eigenvalue weighted by atomic mass is 10.1. The molecule has 0 spiro atoms. The number of methoxy groups -OCH3 is 2. The number of hydrogen-bond acceptors (Lipinski definition) is 7. The summed E-state index contributed by atoms with van der Waals surface area (Å²) in [4.78, 5) is 14.6. The molecule has 1 rings (SSSR count). The highest BCUT2D eigenvalue weighted by molar-refractivity contribution is 5.34. The minimum Gasteiger partial charge on any atom is -0.467 e. The first-order chi connectivity index (χ1) is 9.19. The summed E-state index contributed by atoms with van der Waals surface area (Å²) in [5, 5.41) is 0. The van der Waals surface area contributed by atoms with Gasteiger partial charge in [0.15, 0.2) is 0 Å². The summed E-state index contributed by atoms with van der Waals surface area (Å²) in [5.41, 5.74) is 5.68. The summed E-state index contributed by atoms with van der Waals surface area (Å²) in [6, 6.07) is 0.824. The Balaban J connectivity index is 3.12. The van der Waals surface area contributed by atoms with Crippen LogP contribution >= 0.6 is 0 Å². The van der Waals surface area contributed by atoms with Crippen molar-refractivity contribution in [3.05, 3.63) is 0 Å². The Bertz CT molecular complexity index is 362. The molecule has 108 valence electrons. The van der Waals surface area contributed by atoms with Crippen LogP contribution < -0.4 is 20.1 Å². The van der Waals surface area contributed by atoms with Crippen LogP contribution in [0, 0.1) is 0 Å². The van der Waals surface area contributed by atoms with Crippen LogP contribution in [0.3, 0.4) is 0 Å². The number of anilines is 1. The van der Waals surface area contributed by atoms with Gasteiger partial charge >= 0.3 is 12.0 Å². The molecule has 0 unspecified atom stereocenters. The van der Waals surface area contributed by atoms with E-state index in [1.807, 2.05) is 0 Å². The molecule has 19 heavy (non-hydrogen) atoms. The van der Waals surface area contributed by atoms with Crippen LogP contribution in [-0.2, 0) is 0 Å². The topological polar surface area (TPSA) is 86.4 Å². The second kappa shape index (κ2) is 7.73. The van der Waals surface area contributed by atoms with Crippen molar-refractivity contribution in [3.63, 3.8) is 0 Å². The maximum absolute atomic E-state index is 5.68. The summed E-state index contributed by atoms with van der Waals surface area (Å²) in [7, 11) is 3.03. The van der Waals surface area contributed by atoms with E-state index in [9.17, 15) is 0 Å². The van der Waals surface area contributed by atoms with Crippen LogP contribution in [0.15, 0.2) is 0 Å². The van der Waals surface area contributed by atoms with Gasteiger partial charge in [-0.15, -0.1) is 4.98 Å². The van der Waals surface area contributed by atoms with Crippen LogP contribution in [0.5, 0.6) is 12.0 Å². The zero-order chi connectivity index (χ0) is 14.3. The normalized spacial score (nSPS) is 10.6. The van der Waals surface area contributed by atoms with Crippen molar-refractivity contribution in [2.45, 2.75) is 32.7 Å². The molecule has 7 nitrogen and oxygen atoms in total. The first-order valence-electron chi connectivity index (χ1n) is 6.50.